The first-order valence-corrected chi connectivity index (χ1v) is 10.4. The third kappa shape index (κ3) is 2.31. The second-order valence-electron chi connectivity index (χ2n) is 8.47. The minimum atomic E-state index is 0.132. The number of para-hydroxylation sites is 1. The highest BCUT2D eigenvalue weighted by Crippen LogP contribution is 2.47. The maximum absolute atomic E-state index is 13.7. The van der Waals surface area contributed by atoms with Gasteiger partial charge in [0.1, 0.15) is 11.8 Å². The molecular formula is C24H24N2O2. The highest BCUT2D eigenvalue weighted by atomic mass is 16.3. The van der Waals surface area contributed by atoms with E-state index in [-0.39, 0.29) is 5.91 Å². The molecule has 4 nitrogen and oxygen atoms in total. The predicted molar refractivity (Wildman–Crippen MR) is 108 cm³/mol. The van der Waals surface area contributed by atoms with Crippen molar-refractivity contribution in [2.24, 2.45) is 5.92 Å². The maximum atomic E-state index is 13.7. The number of nitrogens with zero attached hydrogens (tertiary/aromatic N) is 2. The number of carbonyl (C=O) groups excluding carboxylic acids is 1. The molecule has 0 aliphatic carbocycles. The number of piperidine rings is 3. The summed E-state index contributed by atoms with van der Waals surface area (Å²) in [6.45, 7) is 3.14. The molecule has 4 saturated heterocycles. The topological polar surface area (TPSA) is 36.7 Å². The van der Waals surface area contributed by atoms with Crippen molar-refractivity contribution in [3.05, 3.63) is 72.0 Å². The molecule has 7 rings (SSSR count). The van der Waals surface area contributed by atoms with Gasteiger partial charge >= 0.3 is 0 Å². The van der Waals surface area contributed by atoms with Crippen LogP contribution < -0.4 is 0 Å². The Hall–Kier alpha value is -2.59. The molecule has 28 heavy (non-hydrogen) atoms. The number of fused-ring (bicyclic) bond motifs is 3. The SMILES string of the molecule is O=C(c1coc2ccccc12)N1C[C@H](c2ccccc2)[C@@H]2[C@H]1C1CCN2CC1. The summed E-state index contributed by atoms with van der Waals surface area (Å²) in [6, 6.07) is 19.4. The third-order valence-electron chi connectivity index (χ3n) is 7.19. The van der Waals surface area contributed by atoms with E-state index in [0.717, 1.165) is 17.5 Å². The van der Waals surface area contributed by atoms with Crippen LogP contribution in [0.2, 0.25) is 0 Å². The number of benzene rings is 2. The molecule has 3 atom stereocenters. The predicted octanol–water partition coefficient (Wildman–Crippen LogP) is 4.14. The Morgan fingerprint density at radius 2 is 1.68 bits per heavy atom. The minimum absolute atomic E-state index is 0.132. The molecule has 4 aliphatic rings. The first-order valence-electron chi connectivity index (χ1n) is 10.4. The molecule has 0 unspecified atom stereocenters. The number of rotatable bonds is 2. The number of carbonyl (C=O) groups is 1. The average molecular weight is 372 g/mol. The Morgan fingerprint density at radius 3 is 2.50 bits per heavy atom. The van der Waals surface area contributed by atoms with E-state index < -0.39 is 0 Å². The lowest BCUT2D eigenvalue weighted by Crippen LogP contribution is -2.60. The van der Waals surface area contributed by atoms with Crippen LogP contribution in [0.3, 0.4) is 0 Å². The fourth-order valence-electron chi connectivity index (χ4n) is 5.95. The Bertz CT molecular complexity index is 1020. The molecule has 4 fully saturated rings. The molecule has 3 aromatic rings. The van der Waals surface area contributed by atoms with Crippen LogP contribution in [0.1, 0.15) is 34.7 Å². The van der Waals surface area contributed by atoms with Gasteiger partial charge in [0.15, 0.2) is 0 Å². The van der Waals surface area contributed by atoms with Crippen molar-refractivity contribution in [3.8, 4) is 0 Å². The van der Waals surface area contributed by atoms with Crippen LogP contribution in [-0.4, -0.2) is 47.4 Å². The summed E-state index contributed by atoms with van der Waals surface area (Å²) in [4.78, 5) is 18.5. The van der Waals surface area contributed by atoms with Gasteiger partial charge < -0.3 is 9.32 Å². The number of amides is 1. The van der Waals surface area contributed by atoms with E-state index in [1.54, 1.807) is 6.26 Å². The summed E-state index contributed by atoms with van der Waals surface area (Å²) < 4.78 is 5.68. The molecule has 0 spiro atoms. The lowest BCUT2D eigenvalue weighted by Gasteiger charge is -2.51. The molecule has 0 saturated carbocycles. The highest BCUT2D eigenvalue weighted by Gasteiger charge is 2.54. The maximum Gasteiger partial charge on any atom is 0.258 e. The molecule has 0 radical (unpaired) electrons. The number of hydrogen-bond acceptors (Lipinski definition) is 3. The zero-order chi connectivity index (χ0) is 18.7. The standard InChI is InChI=1S/C24H24N2O2/c27-24(20-15-28-21-9-5-4-8-18(20)21)26-14-19(16-6-2-1-3-7-16)23-22(26)17-10-12-25(23)13-11-17/h1-9,15,17,19,22-23H,10-14H2/t19-,22-,23-/m1/s1. The average Bonchev–Trinajstić information content (AvgIpc) is 3.38. The number of furan rings is 1. The second kappa shape index (κ2) is 6.21. The molecular weight excluding hydrogens is 348 g/mol. The summed E-state index contributed by atoms with van der Waals surface area (Å²) in [5.74, 6) is 1.13. The Labute approximate surface area is 164 Å². The molecule has 1 amide bonds. The molecule has 2 bridgehead atoms. The van der Waals surface area contributed by atoms with Crippen molar-refractivity contribution in [2.45, 2.75) is 30.8 Å². The largest absolute Gasteiger partial charge is 0.463 e. The van der Waals surface area contributed by atoms with Crippen LogP contribution in [0, 0.1) is 5.92 Å². The van der Waals surface area contributed by atoms with E-state index >= 15 is 0 Å². The van der Waals surface area contributed by atoms with E-state index in [0.29, 0.717) is 29.5 Å². The van der Waals surface area contributed by atoms with Crippen molar-refractivity contribution in [3.63, 3.8) is 0 Å². The molecule has 5 heterocycles. The van der Waals surface area contributed by atoms with Gasteiger partial charge in [-0.05, 0) is 43.5 Å². The Balaban J connectivity index is 1.42. The molecule has 142 valence electrons. The van der Waals surface area contributed by atoms with Crippen molar-refractivity contribution < 1.29 is 9.21 Å². The summed E-state index contributed by atoms with van der Waals surface area (Å²) >= 11 is 0. The van der Waals surface area contributed by atoms with Gasteiger partial charge in [0.25, 0.3) is 5.91 Å². The summed E-state index contributed by atoms with van der Waals surface area (Å²) in [7, 11) is 0. The summed E-state index contributed by atoms with van der Waals surface area (Å²) in [5, 5.41) is 0.925. The number of hydrogen-bond donors (Lipinski definition) is 0. The van der Waals surface area contributed by atoms with Gasteiger partial charge in [-0.3, -0.25) is 9.69 Å². The molecule has 4 heteroatoms. The lowest BCUT2D eigenvalue weighted by atomic mass is 9.75. The van der Waals surface area contributed by atoms with E-state index in [9.17, 15) is 4.79 Å². The highest BCUT2D eigenvalue weighted by molar-refractivity contribution is 6.06. The van der Waals surface area contributed by atoms with Gasteiger partial charge in [0.05, 0.1) is 11.6 Å². The van der Waals surface area contributed by atoms with Gasteiger partial charge in [0, 0.05) is 23.9 Å². The summed E-state index contributed by atoms with van der Waals surface area (Å²) in [5.41, 5.74) is 2.85. The summed E-state index contributed by atoms with van der Waals surface area (Å²) in [6.07, 6.45) is 4.07. The number of likely N-dealkylation sites (tertiary alicyclic amines) is 1. The van der Waals surface area contributed by atoms with Gasteiger partial charge in [-0.1, -0.05) is 48.5 Å². The lowest BCUT2D eigenvalue weighted by molar-refractivity contribution is -0.00337. The zero-order valence-corrected chi connectivity index (χ0v) is 15.8. The molecule has 4 aliphatic heterocycles. The fraction of sp³-hybridized carbons (Fsp3) is 0.375. The van der Waals surface area contributed by atoms with Crippen molar-refractivity contribution in [2.75, 3.05) is 19.6 Å². The quantitative estimate of drug-likeness (QED) is 0.679. The van der Waals surface area contributed by atoms with E-state index in [4.69, 9.17) is 4.42 Å². The van der Waals surface area contributed by atoms with Gasteiger partial charge in [0.2, 0.25) is 0 Å². The van der Waals surface area contributed by atoms with Crippen LogP contribution in [0.4, 0.5) is 0 Å². The van der Waals surface area contributed by atoms with Gasteiger partial charge in [-0.25, -0.2) is 0 Å². The zero-order valence-electron chi connectivity index (χ0n) is 15.8. The van der Waals surface area contributed by atoms with Gasteiger partial charge in [-0.2, -0.15) is 0 Å². The molecule has 1 aromatic heterocycles. The Kier molecular flexibility index (Phi) is 3.63. The van der Waals surface area contributed by atoms with Gasteiger partial charge in [-0.15, -0.1) is 0 Å². The molecule has 2 aromatic carbocycles. The monoisotopic (exact) mass is 372 g/mol. The van der Waals surface area contributed by atoms with Crippen LogP contribution in [0.15, 0.2) is 65.3 Å². The van der Waals surface area contributed by atoms with Crippen LogP contribution in [0.25, 0.3) is 11.0 Å². The van der Waals surface area contributed by atoms with E-state index in [2.05, 4.69) is 40.1 Å². The van der Waals surface area contributed by atoms with E-state index in [1.165, 1.54) is 31.5 Å². The fourth-order valence-corrected chi connectivity index (χ4v) is 5.95. The van der Waals surface area contributed by atoms with E-state index in [1.807, 2.05) is 24.3 Å². The molecule has 0 N–H and O–H groups in total. The van der Waals surface area contributed by atoms with Crippen LogP contribution in [0.5, 0.6) is 0 Å². The second-order valence-corrected chi connectivity index (χ2v) is 8.47. The van der Waals surface area contributed by atoms with Crippen molar-refractivity contribution >= 4 is 16.9 Å². The van der Waals surface area contributed by atoms with Crippen molar-refractivity contribution in [1.82, 2.24) is 9.80 Å². The van der Waals surface area contributed by atoms with Crippen LogP contribution >= 0.6 is 0 Å². The minimum Gasteiger partial charge on any atom is -0.463 e. The normalized spacial score (nSPS) is 31.3. The van der Waals surface area contributed by atoms with Crippen LogP contribution in [-0.2, 0) is 0 Å². The van der Waals surface area contributed by atoms with Crippen molar-refractivity contribution in [1.29, 1.82) is 0 Å². The first-order chi connectivity index (χ1) is 13.8. The first kappa shape index (κ1) is 16.4. The smallest absolute Gasteiger partial charge is 0.258 e. The Morgan fingerprint density at radius 1 is 0.929 bits per heavy atom. The third-order valence-corrected chi connectivity index (χ3v) is 7.19.